The molecule has 9 heavy (non-hydrogen) atoms. The number of rotatable bonds is 3. The Labute approximate surface area is 57.1 Å². The maximum absolute atomic E-state index is 8.60. The summed E-state index contributed by atoms with van der Waals surface area (Å²) in [5.41, 5.74) is 0.600. The lowest BCUT2D eigenvalue weighted by atomic mass is 10.0. The van der Waals surface area contributed by atoms with E-state index in [0.29, 0.717) is 12.0 Å². The third-order valence-electron chi connectivity index (χ3n) is 2.82. The molecule has 0 aromatic heterocycles. The van der Waals surface area contributed by atoms with E-state index in [1.165, 1.54) is 12.8 Å². The van der Waals surface area contributed by atoms with Gasteiger partial charge in [0.2, 0.25) is 0 Å². The Kier molecular flexibility index (Phi) is 1.80. The van der Waals surface area contributed by atoms with Crippen LogP contribution in [0.1, 0.15) is 33.1 Å². The van der Waals surface area contributed by atoms with E-state index in [-0.39, 0.29) is 0 Å². The van der Waals surface area contributed by atoms with Crippen LogP contribution in [0.2, 0.25) is 0 Å². The number of hydrogen-bond donors (Lipinski definition) is 1. The van der Waals surface area contributed by atoms with Crippen molar-refractivity contribution in [2.24, 2.45) is 11.3 Å². The molecule has 1 rings (SSSR count). The van der Waals surface area contributed by atoms with Crippen LogP contribution in [0.3, 0.4) is 0 Å². The minimum Gasteiger partial charge on any atom is -0.396 e. The van der Waals surface area contributed by atoms with E-state index in [2.05, 4.69) is 13.8 Å². The van der Waals surface area contributed by atoms with Crippen LogP contribution >= 0.6 is 0 Å². The van der Waals surface area contributed by atoms with Gasteiger partial charge in [0, 0.05) is 6.61 Å². The van der Waals surface area contributed by atoms with Crippen LogP contribution in [0.4, 0.5) is 0 Å². The van der Waals surface area contributed by atoms with Gasteiger partial charge < -0.3 is 5.11 Å². The van der Waals surface area contributed by atoms with Crippen molar-refractivity contribution in [3.05, 3.63) is 0 Å². The summed E-state index contributed by atoms with van der Waals surface area (Å²) < 4.78 is 0. The van der Waals surface area contributed by atoms with E-state index in [1.54, 1.807) is 0 Å². The Bertz CT molecular complexity index is 98.7. The van der Waals surface area contributed by atoms with Gasteiger partial charge in [-0.15, -0.1) is 0 Å². The molecule has 1 nitrogen and oxygen atoms in total. The van der Waals surface area contributed by atoms with Gasteiger partial charge in [-0.25, -0.2) is 0 Å². The fourth-order valence-electron chi connectivity index (χ4n) is 1.54. The van der Waals surface area contributed by atoms with Gasteiger partial charge in [0.25, 0.3) is 0 Å². The average molecular weight is 128 g/mol. The molecule has 0 heterocycles. The van der Waals surface area contributed by atoms with Crippen LogP contribution in [0, 0.1) is 11.3 Å². The standard InChI is InChI=1S/C8H16O/c1-3-8(2)6-7(8)4-5-9/h7,9H,3-6H2,1-2H3. The smallest absolute Gasteiger partial charge is 0.0433 e. The summed E-state index contributed by atoms with van der Waals surface area (Å²) in [4.78, 5) is 0. The van der Waals surface area contributed by atoms with Crippen molar-refractivity contribution in [1.29, 1.82) is 0 Å². The van der Waals surface area contributed by atoms with Crippen molar-refractivity contribution in [2.45, 2.75) is 33.1 Å². The Morgan fingerprint density at radius 1 is 1.67 bits per heavy atom. The van der Waals surface area contributed by atoms with E-state index in [1.807, 2.05) is 0 Å². The van der Waals surface area contributed by atoms with Gasteiger partial charge in [0.05, 0.1) is 0 Å². The van der Waals surface area contributed by atoms with Crippen molar-refractivity contribution in [1.82, 2.24) is 0 Å². The van der Waals surface area contributed by atoms with Crippen molar-refractivity contribution in [3.63, 3.8) is 0 Å². The third kappa shape index (κ3) is 1.26. The van der Waals surface area contributed by atoms with E-state index < -0.39 is 0 Å². The summed E-state index contributed by atoms with van der Waals surface area (Å²) in [5.74, 6) is 0.826. The number of aliphatic hydroxyl groups excluding tert-OH is 1. The molecular weight excluding hydrogens is 112 g/mol. The monoisotopic (exact) mass is 128 g/mol. The Morgan fingerprint density at radius 3 is 2.67 bits per heavy atom. The molecule has 54 valence electrons. The normalized spacial score (nSPS) is 41.0. The van der Waals surface area contributed by atoms with Gasteiger partial charge >= 0.3 is 0 Å². The van der Waals surface area contributed by atoms with Crippen LogP contribution in [-0.2, 0) is 0 Å². The zero-order valence-electron chi connectivity index (χ0n) is 6.35. The molecule has 1 heteroatoms. The minimum absolute atomic E-state index is 0.375. The lowest BCUT2D eigenvalue weighted by Gasteiger charge is -2.04. The molecule has 0 saturated heterocycles. The van der Waals surface area contributed by atoms with Crippen molar-refractivity contribution in [3.8, 4) is 0 Å². The maximum atomic E-state index is 8.60. The van der Waals surface area contributed by atoms with E-state index in [9.17, 15) is 0 Å². The van der Waals surface area contributed by atoms with Crippen molar-refractivity contribution >= 4 is 0 Å². The molecule has 0 amide bonds. The summed E-state index contributed by atoms with van der Waals surface area (Å²) in [7, 11) is 0. The predicted molar refractivity (Wildman–Crippen MR) is 38.2 cm³/mol. The Balaban J connectivity index is 2.22. The molecule has 0 aromatic carbocycles. The van der Waals surface area contributed by atoms with Crippen molar-refractivity contribution in [2.75, 3.05) is 6.61 Å². The van der Waals surface area contributed by atoms with E-state index >= 15 is 0 Å². The van der Waals surface area contributed by atoms with Gasteiger partial charge in [0.1, 0.15) is 0 Å². The summed E-state index contributed by atoms with van der Waals surface area (Å²) in [6, 6.07) is 0. The first kappa shape index (κ1) is 7.07. The molecule has 1 aliphatic rings. The third-order valence-corrected chi connectivity index (χ3v) is 2.82. The van der Waals surface area contributed by atoms with Gasteiger partial charge in [-0.1, -0.05) is 20.3 Å². The summed E-state index contributed by atoms with van der Waals surface area (Å²) in [6.07, 6.45) is 3.63. The Morgan fingerprint density at radius 2 is 2.33 bits per heavy atom. The van der Waals surface area contributed by atoms with Crippen LogP contribution in [0.5, 0.6) is 0 Å². The van der Waals surface area contributed by atoms with Crippen molar-refractivity contribution < 1.29 is 5.11 Å². The topological polar surface area (TPSA) is 20.2 Å². The zero-order valence-corrected chi connectivity index (χ0v) is 6.35. The minimum atomic E-state index is 0.375. The summed E-state index contributed by atoms with van der Waals surface area (Å²) in [6.45, 7) is 4.92. The maximum Gasteiger partial charge on any atom is 0.0433 e. The van der Waals surface area contributed by atoms with Crippen LogP contribution in [0.25, 0.3) is 0 Å². The highest BCUT2D eigenvalue weighted by Crippen LogP contribution is 2.56. The summed E-state index contributed by atoms with van der Waals surface area (Å²) >= 11 is 0. The molecule has 1 aliphatic carbocycles. The molecule has 0 aromatic rings. The first-order valence-electron chi connectivity index (χ1n) is 3.84. The second-order valence-corrected chi connectivity index (χ2v) is 3.42. The van der Waals surface area contributed by atoms with E-state index in [4.69, 9.17) is 5.11 Å². The molecule has 2 unspecified atom stereocenters. The number of aliphatic hydroxyl groups is 1. The highest BCUT2D eigenvalue weighted by molar-refractivity contribution is 4.97. The lowest BCUT2D eigenvalue weighted by Crippen LogP contribution is -1.96. The van der Waals surface area contributed by atoms with Gasteiger partial charge in [-0.2, -0.15) is 0 Å². The highest BCUT2D eigenvalue weighted by Gasteiger charge is 2.47. The van der Waals surface area contributed by atoms with E-state index in [0.717, 1.165) is 12.3 Å². The molecular formula is C8H16O. The lowest BCUT2D eigenvalue weighted by molar-refractivity contribution is 0.269. The Hall–Kier alpha value is -0.0400. The molecule has 1 N–H and O–H groups in total. The van der Waals surface area contributed by atoms with Crippen LogP contribution in [-0.4, -0.2) is 11.7 Å². The SMILES string of the molecule is CCC1(C)CC1CCO. The molecule has 1 fully saturated rings. The zero-order chi connectivity index (χ0) is 6.91. The first-order chi connectivity index (χ1) is 4.23. The first-order valence-corrected chi connectivity index (χ1v) is 3.84. The molecule has 0 bridgehead atoms. The van der Waals surface area contributed by atoms with Gasteiger partial charge in [0.15, 0.2) is 0 Å². The van der Waals surface area contributed by atoms with Gasteiger partial charge in [-0.3, -0.25) is 0 Å². The fraction of sp³-hybridized carbons (Fsp3) is 1.00. The van der Waals surface area contributed by atoms with Gasteiger partial charge in [-0.05, 0) is 24.2 Å². The summed E-state index contributed by atoms with van der Waals surface area (Å²) in [5, 5.41) is 8.60. The molecule has 0 spiro atoms. The molecule has 1 saturated carbocycles. The van der Waals surface area contributed by atoms with Crippen LogP contribution in [0.15, 0.2) is 0 Å². The highest BCUT2D eigenvalue weighted by atomic mass is 16.3. The van der Waals surface area contributed by atoms with Crippen LogP contribution < -0.4 is 0 Å². The fourth-order valence-corrected chi connectivity index (χ4v) is 1.54. The number of hydrogen-bond acceptors (Lipinski definition) is 1. The second-order valence-electron chi connectivity index (χ2n) is 3.42. The second kappa shape index (κ2) is 2.30. The quantitative estimate of drug-likeness (QED) is 0.614. The predicted octanol–water partition coefficient (Wildman–Crippen LogP) is 1.81. The molecule has 2 atom stereocenters. The molecule has 0 radical (unpaired) electrons. The average Bonchev–Trinajstić information content (AvgIpc) is 2.46. The molecule has 0 aliphatic heterocycles. The largest absolute Gasteiger partial charge is 0.396 e.